The number of aromatic nitrogens is 2. The maximum absolute atomic E-state index is 6.01. The van der Waals surface area contributed by atoms with Crippen molar-refractivity contribution in [3.05, 3.63) is 23.3 Å². The van der Waals surface area contributed by atoms with Gasteiger partial charge in [0.15, 0.2) is 0 Å². The van der Waals surface area contributed by atoms with Gasteiger partial charge in [0.25, 0.3) is 0 Å². The molecule has 2 N–H and O–H groups in total. The predicted molar refractivity (Wildman–Crippen MR) is 65.3 cm³/mol. The van der Waals surface area contributed by atoms with Gasteiger partial charge in [-0.15, -0.1) is 0 Å². The minimum absolute atomic E-state index is 0.231. The molecule has 88 valence electrons. The third kappa shape index (κ3) is 2.79. The molecular weight excluding hydrogens is 198 g/mol. The maximum atomic E-state index is 6.01. The van der Waals surface area contributed by atoms with Crippen molar-refractivity contribution in [1.29, 1.82) is 0 Å². The zero-order valence-corrected chi connectivity index (χ0v) is 10.5. The van der Waals surface area contributed by atoms with Gasteiger partial charge in [0, 0.05) is 29.3 Å². The second kappa shape index (κ2) is 4.13. The summed E-state index contributed by atoms with van der Waals surface area (Å²) in [4.78, 5) is 9.12. The number of aryl methyl sites for hydroxylation is 1. The first-order valence-corrected chi connectivity index (χ1v) is 6.07. The van der Waals surface area contributed by atoms with E-state index in [0.717, 1.165) is 17.9 Å². The number of rotatable bonds is 3. The largest absolute Gasteiger partial charge is 0.325 e. The van der Waals surface area contributed by atoms with Gasteiger partial charge in [-0.2, -0.15) is 0 Å². The Balaban J connectivity index is 2.21. The second-order valence-corrected chi connectivity index (χ2v) is 5.64. The van der Waals surface area contributed by atoms with Gasteiger partial charge in [-0.1, -0.05) is 6.42 Å². The van der Waals surface area contributed by atoms with Crippen LogP contribution in [-0.4, -0.2) is 15.5 Å². The highest BCUT2D eigenvalue weighted by Gasteiger charge is 2.22. The summed E-state index contributed by atoms with van der Waals surface area (Å²) in [5.74, 6) is 1.57. The highest BCUT2D eigenvalue weighted by Crippen LogP contribution is 2.35. The van der Waals surface area contributed by atoms with Gasteiger partial charge >= 0.3 is 0 Å². The van der Waals surface area contributed by atoms with E-state index in [1.54, 1.807) is 0 Å². The van der Waals surface area contributed by atoms with Crippen LogP contribution in [0.2, 0.25) is 0 Å². The Labute approximate surface area is 97.5 Å². The van der Waals surface area contributed by atoms with Gasteiger partial charge in [0.1, 0.15) is 5.82 Å². The summed E-state index contributed by atoms with van der Waals surface area (Å²) in [6.07, 6.45) is 4.64. The molecule has 1 saturated carbocycles. The van der Waals surface area contributed by atoms with Gasteiger partial charge in [-0.05, 0) is 39.7 Å². The van der Waals surface area contributed by atoms with Crippen molar-refractivity contribution < 1.29 is 0 Å². The van der Waals surface area contributed by atoms with E-state index in [0.29, 0.717) is 5.92 Å². The summed E-state index contributed by atoms with van der Waals surface area (Å²) >= 11 is 0. The predicted octanol–water partition coefficient (Wildman–Crippen LogP) is 2.33. The number of hydrogen-bond acceptors (Lipinski definition) is 3. The third-order valence-electron chi connectivity index (χ3n) is 3.06. The Morgan fingerprint density at radius 2 is 2.06 bits per heavy atom. The molecule has 1 fully saturated rings. The molecule has 0 spiro atoms. The van der Waals surface area contributed by atoms with E-state index in [-0.39, 0.29) is 5.54 Å². The van der Waals surface area contributed by atoms with Gasteiger partial charge in [0.05, 0.1) is 0 Å². The molecule has 1 heterocycles. The van der Waals surface area contributed by atoms with E-state index in [1.165, 1.54) is 25.0 Å². The van der Waals surface area contributed by atoms with Gasteiger partial charge in [-0.3, -0.25) is 0 Å². The lowest BCUT2D eigenvalue weighted by Gasteiger charge is -2.26. The molecule has 1 aromatic heterocycles. The lowest BCUT2D eigenvalue weighted by molar-refractivity contribution is 0.407. The Hall–Kier alpha value is -0.960. The third-order valence-corrected chi connectivity index (χ3v) is 3.06. The van der Waals surface area contributed by atoms with Crippen LogP contribution in [0.3, 0.4) is 0 Å². The summed E-state index contributed by atoms with van der Waals surface area (Å²) in [5, 5.41) is 0. The molecular formula is C13H21N3. The lowest BCUT2D eigenvalue weighted by Crippen LogP contribution is -2.35. The highest BCUT2D eigenvalue weighted by atomic mass is 14.9. The first kappa shape index (κ1) is 11.5. The fourth-order valence-electron chi connectivity index (χ4n) is 2.06. The fourth-order valence-corrected chi connectivity index (χ4v) is 2.06. The van der Waals surface area contributed by atoms with Crippen LogP contribution in [-0.2, 0) is 6.42 Å². The van der Waals surface area contributed by atoms with Crippen molar-refractivity contribution in [2.75, 3.05) is 0 Å². The van der Waals surface area contributed by atoms with Crippen molar-refractivity contribution in [1.82, 2.24) is 9.97 Å². The molecule has 2 rings (SSSR count). The summed E-state index contributed by atoms with van der Waals surface area (Å²) in [7, 11) is 0. The van der Waals surface area contributed by atoms with Crippen LogP contribution in [0.15, 0.2) is 6.07 Å². The van der Waals surface area contributed by atoms with Crippen LogP contribution in [0.1, 0.15) is 56.2 Å². The molecule has 0 unspecified atom stereocenters. The monoisotopic (exact) mass is 219 g/mol. The minimum Gasteiger partial charge on any atom is -0.325 e. The van der Waals surface area contributed by atoms with Crippen LogP contribution in [0.4, 0.5) is 0 Å². The van der Waals surface area contributed by atoms with E-state index in [9.17, 15) is 0 Å². The van der Waals surface area contributed by atoms with Crippen molar-refractivity contribution >= 4 is 0 Å². The molecule has 1 aliphatic carbocycles. The van der Waals surface area contributed by atoms with Crippen LogP contribution in [0.5, 0.6) is 0 Å². The molecule has 0 aromatic carbocycles. The molecule has 3 heteroatoms. The standard InChI is InChI=1S/C13H21N3/c1-9-7-11(10-5-4-6-10)16-12(15-9)8-13(2,3)14/h7,10H,4-6,8,14H2,1-3H3. The average molecular weight is 219 g/mol. The Kier molecular flexibility index (Phi) is 2.98. The smallest absolute Gasteiger partial charge is 0.130 e. The molecule has 16 heavy (non-hydrogen) atoms. The number of nitrogens with zero attached hydrogens (tertiary/aromatic N) is 2. The summed E-state index contributed by atoms with van der Waals surface area (Å²) in [6, 6.07) is 2.12. The molecule has 0 bridgehead atoms. The van der Waals surface area contributed by atoms with Crippen molar-refractivity contribution in [3.8, 4) is 0 Å². The minimum atomic E-state index is -0.231. The topological polar surface area (TPSA) is 51.8 Å². The van der Waals surface area contributed by atoms with E-state index in [4.69, 9.17) is 5.73 Å². The van der Waals surface area contributed by atoms with E-state index in [1.807, 2.05) is 20.8 Å². The van der Waals surface area contributed by atoms with Crippen molar-refractivity contribution in [3.63, 3.8) is 0 Å². The molecule has 0 saturated heterocycles. The van der Waals surface area contributed by atoms with Gasteiger partial charge in [0.2, 0.25) is 0 Å². The van der Waals surface area contributed by atoms with Gasteiger partial charge in [-0.25, -0.2) is 9.97 Å². The molecule has 0 amide bonds. The number of nitrogens with two attached hydrogens (primary N) is 1. The maximum Gasteiger partial charge on any atom is 0.130 e. The second-order valence-electron chi connectivity index (χ2n) is 5.64. The Morgan fingerprint density at radius 3 is 2.56 bits per heavy atom. The van der Waals surface area contributed by atoms with E-state index >= 15 is 0 Å². The molecule has 0 aliphatic heterocycles. The quantitative estimate of drug-likeness (QED) is 0.849. The first-order chi connectivity index (χ1) is 7.44. The molecule has 0 atom stereocenters. The highest BCUT2D eigenvalue weighted by molar-refractivity contribution is 5.17. The van der Waals surface area contributed by atoms with Crippen LogP contribution >= 0.6 is 0 Å². The van der Waals surface area contributed by atoms with Crippen LogP contribution < -0.4 is 5.73 Å². The van der Waals surface area contributed by atoms with E-state index in [2.05, 4.69) is 16.0 Å². The Bertz CT molecular complexity index is 375. The average Bonchev–Trinajstić information content (AvgIpc) is 1.94. The Morgan fingerprint density at radius 1 is 1.38 bits per heavy atom. The fraction of sp³-hybridized carbons (Fsp3) is 0.692. The first-order valence-electron chi connectivity index (χ1n) is 6.07. The number of hydrogen-bond donors (Lipinski definition) is 1. The molecule has 3 nitrogen and oxygen atoms in total. The summed E-state index contributed by atoms with van der Waals surface area (Å²) < 4.78 is 0. The lowest BCUT2D eigenvalue weighted by atomic mass is 9.82. The van der Waals surface area contributed by atoms with Crippen LogP contribution in [0.25, 0.3) is 0 Å². The zero-order valence-electron chi connectivity index (χ0n) is 10.5. The molecule has 1 aromatic rings. The summed E-state index contributed by atoms with van der Waals surface area (Å²) in [5.41, 5.74) is 8.07. The summed E-state index contributed by atoms with van der Waals surface area (Å²) in [6.45, 7) is 6.07. The van der Waals surface area contributed by atoms with Crippen LogP contribution in [0, 0.1) is 6.92 Å². The van der Waals surface area contributed by atoms with Crippen molar-refractivity contribution in [2.45, 2.75) is 57.9 Å². The molecule has 0 radical (unpaired) electrons. The van der Waals surface area contributed by atoms with Crippen molar-refractivity contribution in [2.24, 2.45) is 5.73 Å². The normalized spacial score (nSPS) is 17.2. The molecule has 1 aliphatic rings. The zero-order chi connectivity index (χ0) is 11.8. The SMILES string of the molecule is Cc1cc(C2CCC2)nc(CC(C)(C)N)n1. The van der Waals surface area contributed by atoms with E-state index < -0.39 is 0 Å². The van der Waals surface area contributed by atoms with Gasteiger partial charge < -0.3 is 5.73 Å².